The average molecular weight is 184 g/mol. The summed E-state index contributed by atoms with van der Waals surface area (Å²) >= 11 is 0. The molecule has 0 heterocycles. The van der Waals surface area contributed by atoms with Gasteiger partial charge in [0.05, 0.1) is 0 Å². The van der Waals surface area contributed by atoms with Crippen molar-refractivity contribution in [1.29, 1.82) is 0 Å². The molecule has 72 valence electrons. The summed E-state index contributed by atoms with van der Waals surface area (Å²) in [6.07, 6.45) is 0.986. The van der Waals surface area contributed by atoms with E-state index in [1.54, 1.807) is 0 Å². The van der Waals surface area contributed by atoms with Gasteiger partial charge in [0.1, 0.15) is 0 Å². The van der Waals surface area contributed by atoms with Gasteiger partial charge < -0.3 is 0 Å². The molecule has 1 atom stereocenters. The van der Waals surface area contributed by atoms with E-state index in [0.29, 0.717) is 5.92 Å². The summed E-state index contributed by atoms with van der Waals surface area (Å²) in [6.45, 7) is 8.05. The van der Waals surface area contributed by atoms with Crippen LogP contribution < -0.4 is 0 Å². The van der Waals surface area contributed by atoms with Crippen LogP contribution in [0.1, 0.15) is 25.8 Å². The molecule has 0 spiro atoms. The fourth-order valence-electron chi connectivity index (χ4n) is 1.30. The summed E-state index contributed by atoms with van der Waals surface area (Å²) in [5.74, 6) is 6.77. The highest BCUT2D eigenvalue weighted by atomic mass is 14.0. The van der Waals surface area contributed by atoms with Gasteiger partial charge >= 0.3 is 0 Å². The highest BCUT2D eigenvalue weighted by molar-refractivity contribution is 5.34. The Hall–Kier alpha value is -1.48. The highest BCUT2D eigenvalue weighted by Crippen LogP contribution is 2.07. The van der Waals surface area contributed by atoms with Gasteiger partial charge in [-0.05, 0) is 25.5 Å². The minimum atomic E-state index is 0.396. The highest BCUT2D eigenvalue weighted by Gasteiger charge is 1.95. The minimum Gasteiger partial charge on any atom is -0.100 e. The van der Waals surface area contributed by atoms with Crippen LogP contribution in [0.15, 0.2) is 42.5 Å². The van der Waals surface area contributed by atoms with E-state index in [9.17, 15) is 0 Å². The van der Waals surface area contributed by atoms with E-state index in [1.165, 1.54) is 5.57 Å². The Morgan fingerprint density at radius 3 is 2.57 bits per heavy atom. The van der Waals surface area contributed by atoms with Gasteiger partial charge in [0.2, 0.25) is 0 Å². The van der Waals surface area contributed by atoms with Crippen LogP contribution >= 0.6 is 0 Å². The lowest BCUT2D eigenvalue weighted by atomic mass is 10.0. The first kappa shape index (κ1) is 10.6. The van der Waals surface area contributed by atoms with Gasteiger partial charge in [-0.1, -0.05) is 42.5 Å². The van der Waals surface area contributed by atoms with Crippen molar-refractivity contribution < 1.29 is 0 Å². The maximum atomic E-state index is 3.88. The van der Waals surface area contributed by atoms with Crippen LogP contribution in [0.5, 0.6) is 0 Å². The quantitative estimate of drug-likeness (QED) is 0.486. The molecule has 0 saturated heterocycles. The van der Waals surface area contributed by atoms with Gasteiger partial charge in [0.25, 0.3) is 0 Å². The topological polar surface area (TPSA) is 0 Å². The minimum absolute atomic E-state index is 0.396. The van der Waals surface area contributed by atoms with Gasteiger partial charge in [0.15, 0.2) is 0 Å². The number of hydrogen-bond donors (Lipinski definition) is 0. The van der Waals surface area contributed by atoms with Gasteiger partial charge in [-0.25, -0.2) is 0 Å². The molecule has 0 aromatic heterocycles. The molecule has 0 N–H and O–H groups in total. The predicted octanol–water partition coefficient (Wildman–Crippen LogP) is 3.64. The largest absolute Gasteiger partial charge is 0.100 e. The molecular formula is C14H16. The third-order valence-electron chi connectivity index (χ3n) is 1.89. The van der Waals surface area contributed by atoms with E-state index < -0.39 is 0 Å². The Kier molecular flexibility index (Phi) is 4.01. The number of allylic oxidation sites excluding steroid dienone is 1. The predicted molar refractivity (Wildman–Crippen MR) is 61.9 cm³/mol. The van der Waals surface area contributed by atoms with Gasteiger partial charge in [-0.15, -0.1) is 6.58 Å². The van der Waals surface area contributed by atoms with Crippen LogP contribution in [0, 0.1) is 17.8 Å². The normalized spacial score (nSPS) is 11.3. The van der Waals surface area contributed by atoms with Crippen LogP contribution in [0.2, 0.25) is 0 Å². The van der Waals surface area contributed by atoms with Crippen LogP contribution in [0.4, 0.5) is 0 Å². The summed E-state index contributed by atoms with van der Waals surface area (Å²) in [5.41, 5.74) is 2.28. The number of benzene rings is 1. The van der Waals surface area contributed by atoms with Crippen LogP contribution in [-0.4, -0.2) is 0 Å². The van der Waals surface area contributed by atoms with Crippen molar-refractivity contribution in [2.75, 3.05) is 0 Å². The van der Waals surface area contributed by atoms with E-state index in [-0.39, 0.29) is 0 Å². The molecule has 0 fully saturated rings. The smallest absolute Gasteiger partial charge is 0.0245 e. The van der Waals surface area contributed by atoms with Gasteiger partial charge in [-0.2, -0.15) is 0 Å². The van der Waals surface area contributed by atoms with E-state index >= 15 is 0 Å². The molecule has 0 radical (unpaired) electrons. The average Bonchev–Trinajstić information content (AvgIpc) is 2.15. The Balaban J connectivity index is 2.60. The standard InChI is InChI=1S/C14H16/c1-12(2)11-13(3)9-10-14-7-5-4-6-8-14/h4-8,13H,1,11H2,2-3H3. The van der Waals surface area contributed by atoms with Gasteiger partial charge in [0, 0.05) is 11.5 Å². The van der Waals surface area contributed by atoms with Crippen molar-refractivity contribution in [3.63, 3.8) is 0 Å². The molecule has 1 rings (SSSR count). The summed E-state index contributed by atoms with van der Waals surface area (Å²) in [6, 6.07) is 10.1. The molecule has 0 aliphatic rings. The Labute approximate surface area is 86.7 Å². The monoisotopic (exact) mass is 184 g/mol. The molecule has 1 aromatic carbocycles. The number of rotatable bonds is 2. The zero-order chi connectivity index (χ0) is 10.4. The molecule has 0 saturated carbocycles. The zero-order valence-corrected chi connectivity index (χ0v) is 8.88. The van der Waals surface area contributed by atoms with Crippen molar-refractivity contribution >= 4 is 0 Å². The molecule has 0 aliphatic carbocycles. The Bertz CT molecular complexity index is 349. The van der Waals surface area contributed by atoms with Crippen LogP contribution in [0.3, 0.4) is 0 Å². The van der Waals surface area contributed by atoms with E-state index in [4.69, 9.17) is 0 Å². The fraction of sp³-hybridized carbons (Fsp3) is 0.286. The summed E-state index contributed by atoms with van der Waals surface area (Å²) in [4.78, 5) is 0. The maximum Gasteiger partial charge on any atom is 0.0245 e. The van der Waals surface area contributed by atoms with Crippen molar-refractivity contribution in [2.24, 2.45) is 5.92 Å². The van der Waals surface area contributed by atoms with Crippen molar-refractivity contribution in [3.05, 3.63) is 48.0 Å². The molecule has 1 aromatic rings. The second-order valence-electron chi connectivity index (χ2n) is 3.70. The van der Waals surface area contributed by atoms with E-state index in [2.05, 4.69) is 25.3 Å². The first-order valence-corrected chi connectivity index (χ1v) is 4.89. The molecule has 0 aliphatic heterocycles. The molecule has 1 unspecified atom stereocenters. The van der Waals surface area contributed by atoms with Crippen molar-refractivity contribution in [1.82, 2.24) is 0 Å². The third kappa shape index (κ3) is 3.96. The second kappa shape index (κ2) is 5.29. The van der Waals surface area contributed by atoms with E-state index in [1.807, 2.05) is 37.3 Å². The second-order valence-corrected chi connectivity index (χ2v) is 3.70. The number of hydrogen-bond acceptors (Lipinski definition) is 0. The lowest BCUT2D eigenvalue weighted by Crippen LogP contribution is -1.90. The molecule has 14 heavy (non-hydrogen) atoms. The van der Waals surface area contributed by atoms with Crippen molar-refractivity contribution in [2.45, 2.75) is 20.3 Å². The lowest BCUT2D eigenvalue weighted by molar-refractivity contribution is 0.744. The zero-order valence-electron chi connectivity index (χ0n) is 8.88. The lowest BCUT2D eigenvalue weighted by Gasteiger charge is -2.01. The van der Waals surface area contributed by atoms with Gasteiger partial charge in [-0.3, -0.25) is 0 Å². The summed E-state index contributed by atoms with van der Waals surface area (Å²) in [5, 5.41) is 0. The fourth-order valence-corrected chi connectivity index (χ4v) is 1.30. The SMILES string of the molecule is C=C(C)CC(C)C#Cc1ccccc1. The first-order valence-electron chi connectivity index (χ1n) is 4.89. The maximum absolute atomic E-state index is 3.88. The summed E-state index contributed by atoms with van der Waals surface area (Å²) in [7, 11) is 0. The van der Waals surface area contributed by atoms with Crippen molar-refractivity contribution in [3.8, 4) is 11.8 Å². The molecule has 0 nitrogen and oxygen atoms in total. The Morgan fingerprint density at radius 1 is 1.36 bits per heavy atom. The summed E-state index contributed by atoms with van der Waals surface area (Å²) < 4.78 is 0. The molecule has 0 amide bonds. The molecule has 0 bridgehead atoms. The third-order valence-corrected chi connectivity index (χ3v) is 1.89. The van der Waals surface area contributed by atoms with Crippen LogP contribution in [-0.2, 0) is 0 Å². The molecular weight excluding hydrogens is 168 g/mol. The molecule has 0 heteroatoms. The van der Waals surface area contributed by atoms with Crippen LogP contribution in [0.25, 0.3) is 0 Å². The first-order chi connectivity index (χ1) is 6.68. The van der Waals surface area contributed by atoms with E-state index in [0.717, 1.165) is 12.0 Å². The Morgan fingerprint density at radius 2 is 2.00 bits per heavy atom.